The zero-order valence-electron chi connectivity index (χ0n) is 20.8. The fourth-order valence-corrected chi connectivity index (χ4v) is 5.59. The Morgan fingerprint density at radius 3 is 2.42 bits per heavy atom. The van der Waals surface area contributed by atoms with Gasteiger partial charge in [-0.25, -0.2) is 9.79 Å². The van der Waals surface area contributed by atoms with Gasteiger partial charge in [-0.3, -0.25) is 4.79 Å². The zero-order valence-corrected chi connectivity index (χ0v) is 21.6. The molecule has 190 valence electrons. The van der Waals surface area contributed by atoms with Gasteiger partial charge in [0, 0.05) is 29.4 Å². The Bertz CT molecular complexity index is 1480. The highest BCUT2D eigenvalue weighted by Gasteiger charge is 2.37. The van der Waals surface area contributed by atoms with E-state index in [9.17, 15) is 9.59 Å². The molecule has 8 nitrogen and oxygen atoms in total. The Hall–Kier alpha value is -4.55. The fourth-order valence-electron chi connectivity index (χ4n) is 4.57. The van der Waals surface area contributed by atoms with E-state index in [1.54, 1.807) is 42.1 Å². The summed E-state index contributed by atoms with van der Waals surface area (Å²) in [4.78, 5) is 33.2. The quantitative estimate of drug-likeness (QED) is 0.383. The molecule has 5 rings (SSSR count). The lowest BCUT2D eigenvalue weighted by Gasteiger charge is -2.41. The van der Waals surface area contributed by atoms with E-state index in [-0.39, 0.29) is 11.9 Å². The van der Waals surface area contributed by atoms with Crippen LogP contribution in [0.5, 0.6) is 0 Å². The summed E-state index contributed by atoms with van der Waals surface area (Å²) in [5, 5.41) is 18.7. The number of thioether (sulfide) groups is 1. The maximum absolute atomic E-state index is 13.6. The summed E-state index contributed by atoms with van der Waals surface area (Å²) in [6.07, 6.45) is 0.981. The van der Waals surface area contributed by atoms with Crippen LogP contribution in [-0.4, -0.2) is 34.3 Å². The van der Waals surface area contributed by atoms with Crippen LogP contribution >= 0.6 is 11.8 Å². The molecule has 1 saturated heterocycles. The number of nitrogens with one attached hydrogen (secondary N) is 3. The van der Waals surface area contributed by atoms with Crippen molar-refractivity contribution >= 4 is 45.9 Å². The van der Waals surface area contributed by atoms with Crippen molar-refractivity contribution in [2.45, 2.75) is 19.4 Å². The van der Waals surface area contributed by atoms with Gasteiger partial charge >= 0.3 is 6.03 Å². The molecule has 0 aromatic heterocycles. The number of hydrogen-bond donors (Lipinski definition) is 3. The number of benzene rings is 3. The minimum atomic E-state index is -0.426. The number of nitriles is 1. The van der Waals surface area contributed by atoms with Crippen LogP contribution in [0.15, 0.2) is 95.1 Å². The summed E-state index contributed by atoms with van der Waals surface area (Å²) < 4.78 is 0. The Labute approximate surface area is 225 Å². The molecule has 3 N–H and O–H groups in total. The number of rotatable bonds is 5. The van der Waals surface area contributed by atoms with E-state index in [1.807, 2.05) is 55.5 Å². The predicted molar refractivity (Wildman–Crippen MR) is 152 cm³/mol. The zero-order chi connectivity index (χ0) is 26.5. The molecule has 3 aromatic rings. The van der Waals surface area contributed by atoms with Crippen molar-refractivity contribution in [3.63, 3.8) is 0 Å². The van der Waals surface area contributed by atoms with Gasteiger partial charge in [0.1, 0.15) is 0 Å². The molecular weight excluding hydrogens is 496 g/mol. The second kappa shape index (κ2) is 11.2. The molecule has 2 heterocycles. The molecule has 9 heteroatoms. The van der Waals surface area contributed by atoms with Gasteiger partial charge in [0.25, 0.3) is 5.91 Å². The molecule has 0 radical (unpaired) electrons. The van der Waals surface area contributed by atoms with E-state index in [1.165, 1.54) is 0 Å². The van der Waals surface area contributed by atoms with Crippen molar-refractivity contribution in [2.75, 3.05) is 28.2 Å². The first-order chi connectivity index (χ1) is 18.5. The highest BCUT2D eigenvalue weighted by molar-refractivity contribution is 8.13. The van der Waals surface area contributed by atoms with Gasteiger partial charge in [0.05, 0.1) is 28.9 Å². The summed E-state index contributed by atoms with van der Waals surface area (Å²) in [5.41, 5.74) is 4.42. The van der Waals surface area contributed by atoms with Crippen LogP contribution in [0.25, 0.3) is 0 Å². The fraction of sp³-hybridized carbons (Fsp3) is 0.172. The summed E-state index contributed by atoms with van der Waals surface area (Å²) in [6, 6.07) is 24.9. The number of fused-ring (bicyclic) bond motifs is 1. The van der Waals surface area contributed by atoms with Gasteiger partial charge in [-0.2, -0.15) is 5.26 Å². The van der Waals surface area contributed by atoms with Gasteiger partial charge < -0.3 is 20.9 Å². The number of allylic oxidation sites excluding steroid dienone is 1. The molecule has 1 unspecified atom stereocenters. The lowest BCUT2D eigenvalue weighted by Crippen LogP contribution is -2.43. The molecule has 0 saturated carbocycles. The molecule has 3 aromatic carbocycles. The first-order valence-corrected chi connectivity index (χ1v) is 13.2. The van der Waals surface area contributed by atoms with E-state index in [4.69, 9.17) is 10.3 Å². The summed E-state index contributed by atoms with van der Waals surface area (Å²) >= 11 is 1.69. The number of urea groups is 1. The van der Waals surface area contributed by atoms with E-state index < -0.39 is 6.03 Å². The number of hydrogen-bond acceptors (Lipinski definition) is 6. The topological polar surface area (TPSA) is 110 Å². The molecule has 2 aliphatic heterocycles. The third-order valence-corrected chi connectivity index (χ3v) is 7.32. The van der Waals surface area contributed by atoms with E-state index in [0.29, 0.717) is 33.9 Å². The minimum absolute atomic E-state index is 0.203. The molecule has 0 spiro atoms. The first-order valence-electron chi connectivity index (χ1n) is 12.3. The monoisotopic (exact) mass is 522 g/mol. The summed E-state index contributed by atoms with van der Waals surface area (Å²) in [6.45, 7) is 2.65. The lowest BCUT2D eigenvalue weighted by molar-refractivity contribution is -0.113. The smallest absolute Gasteiger partial charge is 0.323 e. The van der Waals surface area contributed by atoms with Crippen LogP contribution in [0, 0.1) is 11.3 Å². The SMILES string of the molecule is CC1=C(C(=O)Nc2ccccc2)C(c2cccc(NC(=O)Nc3cccc(C#N)c3)c2)N2CCCSC2=N1. The highest BCUT2D eigenvalue weighted by Crippen LogP contribution is 2.40. The van der Waals surface area contributed by atoms with Crippen molar-refractivity contribution < 1.29 is 9.59 Å². The van der Waals surface area contributed by atoms with Crippen LogP contribution in [0.4, 0.5) is 21.9 Å². The van der Waals surface area contributed by atoms with Crippen molar-refractivity contribution in [3.05, 3.63) is 101 Å². The van der Waals surface area contributed by atoms with Gasteiger partial charge in [-0.05, 0) is 61.4 Å². The molecule has 3 amide bonds. The Balaban J connectivity index is 1.42. The molecule has 0 bridgehead atoms. The van der Waals surface area contributed by atoms with Crippen molar-refractivity contribution in [2.24, 2.45) is 4.99 Å². The Kier molecular flexibility index (Phi) is 7.43. The van der Waals surface area contributed by atoms with E-state index in [0.717, 1.165) is 29.4 Å². The normalized spacial score (nSPS) is 16.6. The van der Waals surface area contributed by atoms with Crippen LogP contribution < -0.4 is 16.0 Å². The number of para-hydroxylation sites is 1. The van der Waals surface area contributed by atoms with Crippen molar-refractivity contribution in [3.8, 4) is 6.07 Å². The van der Waals surface area contributed by atoms with Crippen LogP contribution in [0.3, 0.4) is 0 Å². The second-order valence-corrected chi connectivity index (χ2v) is 9.97. The van der Waals surface area contributed by atoms with Gasteiger partial charge in [0.2, 0.25) is 0 Å². The van der Waals surface area contributed by atoms with Crippen LogP contribution in [-0.2, 0) is 4.79 Å². The standard InChI is InChI=1S/C29H26N6O2S/c1-19-25(27(36)32-22-10-3-2-4-11-22)26(35-14-7-15-38-29(35)31-19)21-9-6-13-24(17-21)34-28(37)33-23-12-5-8-20(16-23)18-30/h2-6,8-13,16-17,26H,7,14-15H2,1H3,(H,32,36)(H2,33,34,37). The van der Waals surface area contributed by atoms with Crippen molar-refractivity contribution in [1.29, 1.82) is 5.26 Å². The Morgan fingerprint density at radius 1 is 0.947 bits per heavy atom. The molecule has 0 aliphatic carbocycles. The summed E-state index contributed by atoms with van der Waals surface area (Å²) in [5.74, 6) is 0.779. The third-order valence-electron chi connectivity index (χ3n) is 6.24. The average molecular weight is 523 g/mol. The number of carbonyl (C=O) groups is 2. The molecule has 1 fully saturated rings. The second-order valence-electron chi connectivity index (χ2n) is 8.91. The van der Waals surface area contributed by atoms with Crippen molar-refractivity contribution in [1.82, 2.24) is 4.90 Å². The van der Waals surface area contributed by atoms with Gasteiger partial charge in [-0.1, -0.05) is 48.2 Å². The first kappa shape index (κ1) is 25.1. The van der Waals surface area contributed by atoms with Crippen LogP contribution in [0.2, 0.25) is 0 Å². The molecule has 1 atom stereocenters. The van der Waals surface area contributed by atoms with Gasteiger partial charge in [0.15, 0.2) is 5.17 Å². The minimum Gasteiger partial charge on any atom is -0.340 e. The number of carbonyl (C=O) groups excluding carboxylic acids is 2. The molecule has 2 aliphatic rings. The number of anilines is 3. The maximum atomic E-state index is 13.6. The maximum Gasteiger partial charge on any atom is 0.323 e. The molecular formula is C29H26N6O2S. The molecule has 38 heavy (non-hydrogen) atoms. The highest BCUT2D eigenvalue weighted by atomic mass is 32.2. The number of amides is 3. The largest absolute Gasteiger partial charge is 0.340 e. The lowest BCUT2D eigenvalue weighted by atomic mass is 9.93. The average Bonchev–Trinajstić information content (AvgIpc) is 2.93. The predicted octanol–water partition coefficient (Wildman–Crippen LogP) is 5.96. The van der Waals surface area contributed by atoms with E-state index >= 15 is 0 Å². The summed E-state index contributed by atoms with van der Waals surface area (Å²) in [7, 11) is 0. The van der Waals surface area contributed by atoms with Crippen LogP contribution in [0.1, 0.15) is 30.5 Å². The van der Waals surface area contributed by atoms with Gasteiger partial charge in [-0.15, -0.1) is 0 Å². The number of amidine groups is 1. The number of aliphatic imine (C=N–C) groups is 1. The van der Waals surface area contributed by atoms with E-state index in [2.05, 4.69) is 26.9 Å². The Morgan fingerprint density at radius 2 is 1.66 bits per heavy atom. The number of nitrogens with zero attached hydrogens (tertiary/aromatic N) is 3. The third kappa shape index (κ3) is 5.56.